The molecule has 0 aromatic heterocycles. The van der Waals surface area contributed by atoms with Gasteiger partial charge in [0.1, 0.15) is 11.3 Å². The summed E-state index contributed by atoms with van der Waals surface area (Å²) in [6.07, 6.45) is 4.99. The number of carbonyl (C=O) groups excluding carboxylic acids is 2. The van der Waals surface area contributed by atoms with Gasteiger partial charge in [0.05, 0.1) is 12.8 Å². The molecule has 0 spiro atoms. The quantitative estimate of drug-likeness (QED) is 0.469. The molecular formula is C22H21N3O3S. The Balaban J connectivity index is 1.87. The van der Waals surface area contributed by atoms with E-state index in [0.29, 0.717) is 11.4 Å². The largest absolute Gasteiger partial charge is 0.495 e. The lowest BCUT2D eigenvalue weighted by molar-refractivity contribution is -0.122. The molecule has 2 aromatic rings. The molecule has 1 aliphatic heterocycles. The van der Waals surface area contributed by atoms with Crippen LogP contribution in [0.2, 0.25) is 0 Å². The maximum absolute atomic E-state index is 13.0. The molecular weight excluding hydrogens is 386 g/mol. The van der Waals surface area contributed by atoms with Crippen molar-refractivity contribution in [3.05, 3.63) is 71.8 Å². The summed E-state index contributed by atoms with van der Waals surface area (Å²) < 4.78 is 5.32. The molecule has 7 heteroatoms. The lowest BCUT2D eigenvalue weighted by atomic mass is 10.1. The van der Waals surface area contributed by atoms with Crippen molar-refractivity contribution in [2.45, 2.75) is 0 Å². The van der Waals surface area contributed by atoms with E-state index < -0.39 is 11.8 Å². The van der Waals surface area contributed by atoms with E-state index >= 15 is 0 Å². The van der Waals surface area contributed by atoms with Gasteiger partial charge in [0, 0.05) is 19.8 Å². The molecule has 1 saturated heterocycles. The van der Waals surface area contributed by atoms with E-state index in [9.17, 15) is 9.59 Å². The van der Waals surface area contributed by atoms with Crippen LogP contribution in [0.4, 0.5) is 11.4 Å². The Bertz CT molecular complexity index is 1010. The molecule has 2 amide bonds. The highest BCUT2D eigenvalue weighted by molar-refractivity contribution is 7.80. The van der Waals surface area contributed by atoms with Crippen LogP contribution in [-0.2, 0) is 9.59 Å². The summed E-state index contributed by atoms with van der Waals surface area (Å²) in [5, 5.41) is 2.58. The maximum Gasteiger partial charge on any atom is 0.270 e. The van der Waals surface area contributed by atoms with Crippen molar-refractivity contribution in [1.29, 1.82) is 0 Å². The molecule has 0 atom stereocenters. The van der Waals surface area contributed by atoms with Gasteiger partial charge in [0.25, 0.3) is 11.8 Å². The van der Waals surface area contributed by atoms with Crippen molar-refractivity contribution in [2.75, 3.05) is 31.0 Å². The monoisotopic (exact) mass is 407 g/mol. The fourth-order valence-corrected chi connectivity index (χ4v) is 3.12. The second-order valence-corrected chi connectivity index (χ2v) is 6.88. The minimum Gasteiger partial charge on any atom is -0.495 e. The van der Waals surface area contributed by atoms with Crippen LogP contribution >= 0.6 is 12.2 Å². The van der Waals surface area contributed by atoms with E-state index in [1.807, 2.05) is 49.3 Å². The third-order valence-corrected chi connectivity index (χ3v) is 4.67. The summed E-state index contributed by atoms with van der Waals surface area (Å²) in [4.78, 5) is 28.6. The van der Waals surface area contributed by atoms with Crippen LogP contribution in [0.3, 0.4) is 0 Å². The SMILES string of the molecule is COc1ccccc1N1C(=O)/C(=C/C=C/c2ccc(N(C)C)cc2)C(=O)NC1=S. The summed E-state index contributed by atoms with van der Waals surface area (Å²) in [7, 11) is 5.46. The van der Waals surface area contributed by atoms with E-state index in [1.165, 1.54) is 18.1 Å². The van der Waals surface area contributed by atoms with E-state index in [0.717, 1.165) is 11.3 Å². The minimum absolute atomic E-state index is 0.00864. The number of allylic oxidation sites excluding steroid dienone is 2. The fourth-order valence-electron chi connectivity index (χ4n) is 2.85. The van der Waals surface area contributed by atoms with Gasteiger partial charge in [0.15, 0.2) is 5.11 Å². The number of benzene rings is 2. The van der Waals surface area contributed by atoms with Crippen molar-refractivity contribution in [2.24, 2.45) is 0 Å². The lowest BCUT2D eigenvalue weighted by Gasteiger charge is -2.29. The van der Waals surface area contributed by atoms with Crippen LogP contribution < -0.4 is 19.9 Å². The molecule has 1 fully saturated rings. The zero-order valence-electron chi connectivity index (χ0n) is 16.4. The Morgan fingerprint density at radius 2 is 1.76 bits per heavy atom. The molecule has 1 aliphatic rings. The van der Waals surface area contributed by atoms with E-state index in [-0.39, 0.29) is 10.7 Å². The first-order valence-electron chi connectivity index (χ1n) is 8.91. The first kappa shape index (κ1) is 20.3. The standard InChI is InChI=1S/C22H21N3O3S/c1-24(2)16-13-11-15(12-14-16)7-6-8-17-20(26)23-22(29)25(21(17)27)18-9-4-5-10-19(18)28-3/h4-14H,1-3H3,(H,23,26,29)/b7-6+,17-8+. The summed E-state index contributed by atoms with van der Waals surface area (Å²) in [6.45, 7) is 0. The Morgan fingerprint density at radius 3 is 2.41 bits per heavy atom. The number of methoxy groups -OCH3 is 1. The molecule has 148 valence electrons. The van der Waals surface area contributed by atoms with Gasteiger partial charge in [-0.2, -0.15) is 0 Å². The Morgan fingerprint density at radius 1 is 1.07 bits per heavy atom. The maximum atomic E-state index is 13.0. The van der Waals surface area contributed by atoms with Crippen molar-refractivity contribution in [3.8, 4) is 5.75 Å². The van der Waals surface area contributed by atoms with Gasteiger partial charge in [-0.3, -0.25) is 14.9 Å². The number of rotatable bonds is 5. The molecule has 0 bridgehead atoms. The van der Waals surface area contributed by atoms with Crippen molar-refractivity contribution in [3.63, 3.8) is 0 Å². The first-order chi connectivity index (χ1) is 13.9. The molecule has 6 nitrogen and oxygen atoms in total. The van der Waals surface area contributed by atoms with E-state index in [2.05, 4.69) is 5.32 Å². The van der Waals surface area contributed by atoms with Crippen molar-refractivity contribution < 1.29 is 14.3 Å². The first-order valence-corrected chi connectivity index (χ1v) is 9.31. The van der Waals surface area contributed by atoms with Crippen LogP contribution in [0.5, 0.6) is 5.75 Å². The van der Waals surface area contributed by atoms with E-state index in [1.54, 1.807) is 30.3 Å². The van der Waals surface area contributed by atoms with Gasteiger partial charge in [-0.1, -0.05) is 36.4 Å². The number of hydrogen-bond donors (Lipinski definition) is 1. The number of ether oxygens (including phenoxy) is 1. The van der Waals surface area contributed by atoms with Gasteiger partial charge in [-0.25, -0.2) is 4.90 Å². The van der Waals surface area contributed by atoms with Crippen LogP contribution in [0.25, 0.3) is 6.08 Å². The number of nitrogens with zero attached hydrogens (tertiary/aromatic N) is 2. The number of amides is 2. The van der Waals surface area contributed by atoms with Crippen LogP contribution in [0.1, 0.15) is 5.56 Å². The number of carbonyl (C=O) groups is 2. The van der Waals surface area contributed by atoms with Gasteiger partial charge in [0.2, 0.25) is 0 Å². The lowest BCUT2D eigenvalue weighted by Crippen LogP contribution is -2.54. The van der Waals surface area contributed by atoms with Gasteiger partial charge < -0.3 is 9.64 Å². The van der Waals surface area contributed by atoms with Gasteiger partial charge in [-0.05, 0) is 48.1 Å². The number of anilines is 2. The highest BCUT2D eigenvalue weighted by atomic mass is 32.1. The zero-order chi connectivity index (χ0) is 21.0. The number of para-hydroxylation sites is 2. The van der Waals surface area contributed by atoms with Crippen LogP contribution in [-0.4, -0.2) is 38.1 Å². The Hall–Kier alpha value is -3.45. The second-order valence-electron chi connectivity index (χ2n) is 6.50. The summed E-state index contributed by atoms with van der Waals surface area (Å²) >= 11 is 5.21. The third kappa shape index (κ3) is 4.35. The highest BCUT2D eigenvalue weighted by Gasteiger charge is 2.35. The second kappa shape index (κ2) is 8.70. The summed E-state index contributed by atoms with van der Waals surface area (Å²) in [6, 6.07) is 14.9. The van der Waals surface area contributed by atoms with Crippen LogP contribution in [0, 0.1) is 0 Å². The highest BCUT2D eigenvalue weighted by Crippen LogP contribution is 2.30. The Labute approximate surface area is 175 Å². The van der Waals surface area contributed by atoms with Gasteiger partial charge in [-0.15, -0.1) is 0 Å². The average Bonchev–Trinajstić information content (AvgIpc) is 2.71. The molecule has 29 heavy (non-hydrogen) atoms. The molecule has 0 unspecified atom stereocenters. The molecule has 3 rings (SSSR count). The molecule has 0 radical (unpaired) electrons. The average molecular weight is 407 g/mol. The topological polar surface area (TPSA) is 61.9 Å². The molecule has 1 heterocycles. The summed E-state index contributed by atoms with van der Waals surface area (Å²) in [5.74, 6) is -0.551. The van der Waals surface area contributed by atoms with Crippen molar-refractivity contribution >= 4 is 46.6 Å². The molecule has 0 saturated carbocycles. The summed E-state index contributed by atoms with van der Waals surface area (Å²) in [5.41, 5.74) is 2.50. The molecule has 2 aromatic carbocycles. The van der Waals surface area contributed by atoms with Crippen molar-refractivity contribution in [1.82, 2.24) is 5.32 Å². The molecule has 1 N–H and O–H groups in total. The van der Waals surface area contributed by atoms with Crippen LogP contribution in [0.15, 0.2) is 66.3 Å². The van der Waals surface area contributed by atoms with E-state index in [4.69, 9.17) is 17.0 Å². The number of hydrogen-bond acceptors (Lipinski definition) is 5. The smallest absolute Gasteiger partial charge is 0.270 e. The predicted molar refractivity (Wildman–Crippen MR) is 119 cm³/mol. The molecule has 0 aliphatic carbocycles. The number of nitrogens with one attached hydrogen (secondary N) is 1. The third-order valence-electron chi connectivity index (χ3n) is 4.39. The minimum atomic E-state index is -0.529. The normalized spacial score (nSPS) is 15.8. The number of thiocarbonyl (C=S) groups is 1. The predicted octanol–water partition coefficient (Wildman–Crippen LogP) is 3.15. The van der Waals surface area contributed by atoms with Gasteiger partial charge >= 0.3 is 0 Å². The fraction of sp³-hybridized carbons (Fsp3) is 0.136. The Kier molecular flexibility index (Phi) is 6.09. The zero-order valence-corrected chi connectivity index (χ0v) is 17.2.